The molecule has 1 aromatic carbocycles. The Bertz CT molecular complexity index is 756. The van der Waals surface area contributed by atoms with E-state index in [0.29, 0.717) is 23.4 Å². The van der Waals surface area contributed by atoms with Gasteiger partial charge in [0.1, 0.15) is 0 Å². The molecule has 1 aromatic rings. The smallest absolute Gasteiger partial charge is 0.0713 e. The van der Waals surface area contributed by atoms with E-state index < -0.39 is 0 Å². The first-order valence-corrected chi connectivity index (χ1v) is 14.6. The molecule has 2 heteroatoms. The fraction of sp³-hybridized carbons (Fsp3) is 0.812. The van der Waals surface area contributed by atoms with Crippen LogP contribution in [0.3, 0.4) is 0 Å². The maximum Gasteiger partial charge on any atom is 0.0713 e. The van der Waals surface area contributed by atoms with E-state index in [9.17, 15) is 5.11 Å². The number of rotatable bonds is 7. The van der Waals surface area contributed by atoms with Crippen LogP contribution in [-0.2, 0) is 11.3 Å². The number of aliphatic hydroxyl groups excluding tert-OH is 1. The largest absolute Gasteiger partial charge is 0.393 e. The Morgan fingerprint density at radius 2 is 1.71 bits per heavy atom. The third-order valence-corrected chi connectivity index (χ3v) is 11.1. The lowest BCUT2D eigenvalue weighted by molar-refractivity contribution is -0.127. The third-order valence-electron chi connectivity index (χ3n) is 11.1. The van der Waals surface area contributed by atoms with Gasteiger partial charge in [-0.05, 0) is 117 Å². The second kappa shape index (κ2) is 11.0. The molecule has 0 heterocycles. The molecule has 4 aliphatic rings. The van der Waals surface area contributed by atoms with Crippen molar-refractivity contribution in [3.63, 3.8) is 0 Å². The molecule has 2 nitrogen and oxygen atoms in total. The van der Waals surface area contributed by atoms with Crippen LogP contribution in [0.2, 0.25) is 0 Å². The van der Waals surface area contributed by atoms with Crippen molar-refractivity contribution in [3.8, 4) is 0 Å². The topological polar surface area (TPSA) is 29.5 Å². The van der Waals surface area contributed by atoms with Gasteiger partial charge >= 0.3 is 0 Å². The molecule has 192 valence electrons. The number of benzene rings is 1. The number of fused-ring (bicyclic) bond motifs is 3. The molecule has 0 amide bonds. The van der Waals surface area contributed by atoms with Gasteiger partial charge in [-0.3, -0.25) is 0 Å². The van der Waals surface area contributed by atoms with Crippen LogP contribution in [0.4, 0.5) is 0 Å². The summed E-state index contributed by atoms with van der Waals surface area (Å²) < 4.78 is 4.93. The molecular formula is C32H52O2. The summed E-state index contributed by atoms with van der Waals surface area (Å²) in [5.74, 6) is 5.49. The number of hydrogen-bond donors (Lipinski definition) is 1. The van der Waals surface area contributed by atoms with Gasteiger partial charge in [0.15, 0.2) is 0 Å². The first-order chi connectivity index (χ1) is 16.4. The Labute approximate surface area is 210 Å². The zero-order chi connectivity index (χ0) is 24.3. The molecule has 34 heavy (non-hydrogen) atoms. The Hall–Kier alpha value is -0.860. The molecule has 0 radical (unpaired) electrons. The average molecular weight is 469 g/mol. The van der Waals surface area contributed by atoms with E-state index in [1.807, 2.05) is 30.3 Å². The van der Waals surface area contributed by atoms with Crippen LogP contribution >= 0.6 is 0 Å². The van der Waals surface area contributed by atoms with E-state index in [1.54, 1.807) is 7.11 Å². The Morgan fingerprint density at radius 1 is 0.971 bits per heavy atom. The van der Waals surface area contributed by atoms with Gasteiger partial charge in [-0.25, -0.2) is 0 Å². The summed E-state index contributed by atoms with van der Waals surface area (Å²) in [5, 5.41) is 10.4. The van der Waals surface area contributed by atoms with Crippen molar-refractivity contribution in [3.05, 3.63) is 35.9 Å². The highest BCUT2D eigenvalue weighted by Gasteiger charge is 2.63. The minimum atomic E-state index is -0.109. The second-order valence-electron chi connectivity index (χ2n) is 12.6. The van der Waals surface area contributed by atoms with Gasteiger partial charge in [-0.2, -0.15) is 0 Å². The predicted molar refractivity (Wildman–Crippen MR) is 142 cm³/mol. The van der Waals surface area contributed by atoms with Crippen LogP contribution in [0, 0.1) is 46.3 Å². The Balaban J connectivity index is 0.000000257. The van der Waals surface area contributed by atoms with Gasteiger partial charge < -0.3 is 9.84 Å². The van der Waals surface area contributed by atoms with Crippen LogP contribution in [0.5, 0.6) is 0 Å². The summed E-state index contributed by atoms with van der Waals surface area (Å²) in [4.78, 5) is 0. The zero-order valence-corrected chi connectivity index (χ0v) is 22.8. The van der Waals surface area contributed by atoms with Crippen molar-refractivity contribution < 1.29 is 9.84 Å². The van der Waals surface area contributed by atoms with Crippen LogP contribution < -0.4 is 0 Å². The number of ether oxygens (including phenoxy) is 1. The van der Waals surface area contributed by atoms with Gasteiger partial charge in [0.25, 0.3) is 0 Å². The molecular weight excluding hydrogens is 416 g/mol. The second-order valence-corrected chi connectivity index (χ2v) is 12.6. The van der Waals surface area contributed by atoms with E-state index in [0.717, 1.165) is 29.6 Å². The van der Waals surface area contributed by atoms with Crippen LogP contribution in [0.25, 0.3) is 0 Å². The lowest BCUT2D eigenvalue weighted by Crippen LogP contribution is -2.54. The molecule has 0 bridgehead atoms. The Morgan fingerprint density at radius 3 is 2.29 bits per heavy atom. The van der Waals surface area contributed by atoms with Crippen LogP contribution in [0.1, 0.15) is 104 Å². The summed E-state index contributed by atoms with van der Waals surface area (Å²) in [5.41, 5.74) is 2.34. The summed E-state index contributed by atoms with van der Waals surface area (Å²) >= 11 is 0. The molecule has 8 unspecified atom stereocenters. The first-order valence-electron chi connectivity index (χ1n) is 14.6. The summed E-state index contributed by atoms with van der Waals surface area (Å²) in [6.07, 6.45) is 15.8. The number of aliphatic hydroxyl groups is 1. The maximum absolute atomic E-state index is 10.4. The zero-order valence-electron chi connectivity index (χ0n) is 22.8. The highest BCUT2D eigenvalue weighted by molar-refractivity contribution is 5.14. The molecule has 1 N–H and O–H groups in total. The van der Waals surface area contributed by atoms with Crippen LogP contribution in [0.15, 0.2) is 30.3 Å². The molecule has 0 aliphatic heterocycles. The van der Waals surface area contributed by atoms with Crippen LogP contribution in [-0.4, -0.2) is 18.3 Å². The molecule has 8 atom stereocenters. The van der Waals surface area contributed by atoms with Gasteiger partial charge in [0.2, 0.25) is 0 Å². The average Bonchev–Trinajstić information content (AvgIpc) is 3.62. The maximum atomic E-state index is 10.4. The molecule has 0 saturated heterocycles. The van der Waals surface area contributed by atoms with E-state index in [2.05, 4.69) is 27.7 Å². The summed E-state index contributed by atoms with van der Waals surface area (Å²) in [6, 6.07) is 10.1. The molecule has 0 aromatic heterocycles. The Kier molecular flexibility index (Phi) is 8.51. The third kappa shape index (κ3) is 4.75. The van der Waals surface area contributed by atoms with Crippen molar-refractivity contribution >= 4 is 0 Å². The van der Waals surface area contributed by atoms with Crippen molar-refractivity contribution in [1.82, 2.24) is 0 Å². The van der Waals surface area contributed by atoms with E-state index >= 15 is 0 Å². The quantitative estimate of drug-likeness (QED) is 0.436. The molecule has 4 fully saturated rings. The van der Waals surface area contributed by atoms with Crippen molar-refractivity contribution in [2.24, 2.45) is 46.3 Å². The van der Waals surface area contributed by atoms with Crippen molar-refractivity contribution in [2.75, 3.05) is 7.11 Å². The van der Waals surface area contributed by atoms with Crippen molar-refractivity contribution in [1.29, 1.82) is 0 Å². The standard InChI is InChI=1S/C24H42O.C8H10O/c1-5-14-24(18-7-8-18)17(6-2)9-10-19-21-12-11-20(16(3)25)23(21,4)15-13-22(19)24;1-9-7-8-5-3-2-4-6-8/h16-22,25H,5-15H2,1-4H3;2-6H,7H2,1H3. The first kappa shape index (κ1) is 26.2. The van der Waals surface area contributed by atoms with Gasteiger partial charge in [-0.1, -0.05) is 63.9 Å². The highest BCUT2D eigenvalue weighted by Crippen LogP contribution is 2.71. The number of hydrogen-bond acceptors (Lipinski definition) is 2. The number of methoxy groups -OCH3 is 1. The van der Waals surface area contributed by atoms with E-state index in [1.165, 1.54) is 76.2 Å². The monoisotopic (exact) mass is 468 g/mol. The fourth-order valence-corrected chi connectivity index (χ4v) is 9.76. The molecule has 5 rings (SSSR count). The van der Waals surface area contributed by atoms with E-state index in [4.69, 9.17) is 4.74 Å². The normalized spacial score (nSPS) is 40.0. The molecule has 4 saturated carbocycles. The predicted octanol–water partition coefficient (Wildman–Crippen LogP) is 8.28. The lowest BCUT2D eigenvalue weighted by Gasteiger charge is -2.61. The molecule has 0 spiro atoms. The van der Waals surface area contributed by atoms with Crippen molar-refractivity contribution in [2.45, 2.75) is 111 Å². The van der Waals surface area contributed by atoms with Gasteiger partial charge in [0.05, 0.1) is 12.7 Å². The molecule has 4 aliphatic carbocycles. The highest BCUT2D eigenvalue weighted by atomic mass is 16.5. The lowest BCUT2D eigenvalue weighted by atomic mass is 9.44. The minimum Gasteiger partial charge on any atom is -0.393 e. The SMILES string of the molecule is CCCC1(C2CC2)C(CC)CCC2C3CCC(C(C)O)C3(C)CCC21.COCc1ccccc1. The minimum absolute atomic E-state index is 0.109. The van der Waals surface area contributed by atoms with Gasteiger partial charge in [0, 0.05) is 7.11 Å². The summed E-state index contributed by atoms with van der Waals surface area (Å²) in [6.45, 7) is 10.2. The van der Waals surface area contributed by atoms with E-state index in [-0.39, 0.29) is 6.10 Å². The van der Waals surface area contributed by atoms with Gasteiger partial charge in [-0.15, -0.1) is 0 Å². The fourth-order valence-electron chi connectivity index (χ4n) is 9.76. The summed E-state index contributed by atoms with van der Waals surface area (Å²) in [7, 11) is 1.70.